The lowest BCUT2D eigenvalue weighted by atomic mass is 10.0. The summed E-state index contributed by atoms with van der Waals surface area (Å²) in [6.45, 7) is 3.97. The van der Waals surface area contributed by atoms with Crippen molar-refractivity contribution >= 4 is 24.2 Å². The topological polar surface area (TPSA) is 103 Å². The summed E-state index contributed by atoms with van der Waals surface area (Å²) in [5, 5.41) is 10.7. The molecule has 2 N–H and O–H groups in total. The molecule has 0 saturated heterocycles. The Labute approximate surface area is 155 Å². The summed E-state index contributed by atoms with van der Waals surface area (Å²) in [6.07, 6.45) is 0. The first-order valence-electron chi connectivity index (χ1n) is 8.55. The van der Waals surface area contributed by atoms with Crippen molar-refractivity contribution in [2.75, 3.05) is 18.3 Å². The lowest BCUT2D eigenvalue weighted by Crippen LogP contribution is -2.12. The lowest BCUT2D eigenvalue weighted by Gasteiger charge is -2.22. The molecule has 8 nitrogen and oxygen atoms in total. The fraction of sp³-hybridized carbons (Fsp3) is 0.222. The molecule has 2 aromatic carbocycles. The maximum Gasteiger partial charge on any atom is 0.432 e. The van der Waals surface area contributed by atoms with Gasteiger partial charge in [0.1, 0.15) is 17.2 Å². The van der Waals surface area contributed by atoms with Gasteiger partial charge in [-0.3, -0.25) is 18.9 Å². The van der Waals surface area contributed by atoms with E-state index in [0.29, 0.717) is 39.2 Å². The summed E-state index contributed by atoms with van der Waals surface area (Å²) in [6, 6.07) is 10.5. The number of nitrogens with one attached hydrogen (secondary N) is 2. The summed E-state index contributed by atoms with van der Waals surface area (Å²) in [7, 11) is -3.48. The molecule has 0 amide bonds. The number of aromatic amines is 1. The molecular formula is C18H18N3O5P. The number of benzene rings is 2. The van der Waals surface area contributed by atoms with Crippen LogP contribution in [0.3, 0.4) is 0 Å². The second-order valence-corrected chi connectivity index (χ2v) is 7.57. The van der Waals surface area contributed by atoms with Crippen LogP contribution in [0.15, 0.2) is 41.2 Å². The number of rotatable bonds is 6. The number of aromatic nitrogens is 2. The second kappa shape index (κ2) is 6.81. The van der Waals surface area contributed by atoms with Crippen LogP contribution in [0, 0.1) is 0 Å². The largest absolute Gasteiger partial charge is 0.456 e. The molecule has 0 spiro atoms. The SMILES string of the molecule is CCOP(=O)(Nc1ccc2c(c1)-c1n[nH]c(=O)c3cccc(c13)O2)OCC. The van der Waals surface area contributed by atoms with Gasteiger partial charge in [0, 0.05) is 11.3 Å². The molecule has 2 heterocycles. The highest BCUT2D eigenvalue weighted by Gasteiger charge is 2.26. The van der Waals surface area contributed by atoms with Crippen LogP contribution in [0.25, 0.3) is 22.0 Å². The molecule has 0 radical (unpaired) electrons. The quantitative estimate of drug-likeness (QED) is 0.476. The van der Waals surface area contributed by atoms with Gasteiger partial charge < -0.3 is 4.74 Å². The number of anilines is 1. The molecule has 0 unspecified atom stereocenters. The Morgan fingerprint density at radius 3 is 2.67 bits per heavy atom. The van der Waals surface area contributed by atoms with E-state index < -0.39 is 7.75 Å². The molecule has 27 heavy (non-hydrogen) atoms. The third-order valence-electron chi connectivity index (χ3n) is 4.10. The van der Waals surface area contributed by atoms with Crippen molar-refractivity contribution in [1.82, 2.24) is 10.2 Å². The van der Waals surface area contributed by atoms with Crippen molar-refractivity contribution in [3.8, 4) is 22.8 Å². The van der Waals surface area contributed by atoms with Crippen LogP contribution in [0.2, 0.25) is 0 Å². The third-order valence-corrected chi connectivity index (χ3v) is 5.82. The summed E-state index contributed by atoms with van der Waals surface area (Å²) in [5.74, 6) is 1.16. The molecule has 0 fully saturated rings. The van der Waals surface area contributed by atoms with Gasteiger partial charge in [-0.05, 0) is 44.2 Å². The summed E-state index contributed by atoms with van der Waals surface area (Å²) < 4.78 is 29.2. The van der Waals surface area contributed by atoms with Gasteiger partial charge in [-0.2, -0.15) is 5.10 Å². The van der Waals surface area contributed by atoms with E-state index in [1.807, 2.05) is 0 Å². The van der Waals surface area contributed by atoms with E-state index in [2.05, 4.69) is 15.3 Å². The van der Waals surface area contributed by atoms with E-state index in [1.54, 1.807) is 50.2 Å². The van der Waals surface area contributed by atoms with E-state index in [4.69, 9.17) is 13.8 Å². The van der Waals surface area contributed by atoms with Gasteiger partial charge in [-0.15, -0.1) is 0 Å². The predicted octanol–water partition coefficient (Wildman–Crippen LogP) is 4.29. The molecule has 9 heteroatoms. The van der Waals surface area contributed by atoms with Crippen LogP contribution in [-0.4, -0.2) is 23.4 Å². The predicted molar refractivity (Wildman–Crippen MR) is 102 cm³/mol. The summed E-state index contributed by atoms with van der Waals surface area (Å²) >= 11 is 0. The number of hydrogen-bond donors (Lipinski definition) is 2. The number of hydrogen-bond acceptors (Lipinski definition) is 6. The normalized spacial score (nSPS) is 12.5. The van der Waals surface area contributed by atoms with Crippen LogP contribution >= 0.6 is 7.75 Å². The van der Waals surface area contributed by atoms with E-state index in [-0.39, 0.29) is 18.8 Å². The Morgan fingerprint density at radius 2 is 1.93 bits per heavy atom. The maximum atomic E-state index is 12.7. The van der Waals surface area contributed by atoms with Crippen molar-refractivity contribution in [3.05, 3.63) is 46.8 Å². The summed E-state index contributed by atoms with van der Waals surface area (Å²) in [5.41, 5.74) is 1.50. The van der Waals surface area contributed by atoms with Gasteiger partial charge in [-0.1, -0.05) is 6.07 Å². The first-order chi connectivity index (χ1) is 13.0. The van der Waals surface area contributed by atoms with Crippen LogP contribution in [0.1, 0.15) is 13.8 Å². The molecule has 3 aromatic rings. The lowest BCUT2D eigenvalue weighted by molar-refractivity contribution is 0.225. The Hall–Kier alpha value is -2.67. The zero-order chi connectivity index (χ0) is 19.0. The Bertz CT molecular complexity index is 1120. The second-order valence-electron chi connectivity index (χ2n) is 5.84. The smallest absolute Gasteiger partial charge is 0.432 e. The van der Waals surface area contributed by atoms with Gasteiger partial charge in [0.2, 0.25) is 0 Å². The van der Waals surface area contributed by atoms with Crippen molar-refractivity contribution in [3.63, 3.8) is 0 Å². The molecule has 0 saturated carbocycles. The van der Waals surface area contributed by atoms with Gasteiger partial charge >= 0.3 is 7.75 Å². The average molecular weight is 387 g/mol. The van der Waals surface area contributed by atoms with Crippen LogP contribution in [0.5, 0.6) is 11.5 Å². The molecule has 4 rings (SSSR count). The minimum absolute atomic E-state index is 0.244. The number of nitrogens with zero attached hydrogens (tertiary/aromatic N) is 1. The zero-order valence-corrected chi connectivity index (χ0v) is 15.7. The van der Waals surface area contributed by atoms with Gasteiger partial charge in [0.25, 0.3) is 5.56 Å². The fourth-order valence-corrected chi connectivity index (χ4v) is 4.40. The minimum Gasteiger partial charge on any atom is -0.456 e. The standard InChI is InChI=1S/C18H18N3O5P/c1-3-24-27(23,25-4-2)21-11-8-9-14-13(10-11)17-16-12(18(22)20-19-17)6-5-7-15(16)26-14/h5-10H,3-4H2,1-2H3,(H,20,22)(H,21,23). The van der Waals surface area contributed by atoms with Crippen molar-refractivity contribution in [2.45, 2.75) is 13.8 Å². The molecule has 1 aromatic heterocycles. The number of ether oxygens (including phenoxy) is 1. The molecule has 1 aliphatic heterocycles. The Balaban J connectivity index is 1.82. The Kier molecular flexibility index (Phi) is 4.47. The molecule has 0 atom stereocenters. The van der Waals surface area contributed by atoms with Crippen molar-refractivity contribution in [1.29, 1.82) is 0 Å². The van der Waals surface area contributed by atoms with E-state index in [1.165, 1.54) is 0 Å². The van der Waals surface area contributed by atoms with Gasteiger partial charge in [0.15, 0.2) is 0 Å². The van der Waals surface area contributed by atoms with Gasteiger partial charge in [-0.25, -0.2) is 9.66 Å². The first-order valence-corrected chi connectivity index (χ1v) is 10.1. The number of fused-ring (bicyclic) bond motifs is 2. The highest BCUT2D eigenvalue weighted by Crippen LogP contribution is 2.50. The first kappa shape index (κ1) is 17.7. The molecular weight excluding hydrogens is 369 g/mol. The number of H-pyrrole nitrogens is 1. The average Bonchev–Trinajstić information content (AvgIpc) is 2.64. The van der Waals surface area contributed by atoms with Crippen molar-refractivity contribution in [2.24, 2.45) is 0 Å². The highest BCUT2D eigenvalue weighted by molar-refractivity contribution is 7.55. The third kappa shape index (κ3) is 3.12. The van der Waals surface area contributed by atoms with E-state index >= 15 is 0 Å². The summed E-state index contributed by atoms with van der Waals surface area (Å²) in [4.78, 5) is 12.1. The zero-order valence-electron chi connectivity index (χ0n) is 14.8. The fourth-order valence-electron chi connectivity index (χ4n) is 3.06. The molecule has 140 valence electrons. The van der Waals surface area contributed by atoms with Crippen LogP contribution < -0.4 is 15.4 Å². The Morgan fingerprint density at radius 1 is 1.15 bits per heavy atom. The molecule has 0 bridgehead atoms. The highest BCUT2D eigenvalue weighted by atomic mass is 31.2. The maximum absolute atomic E-state index is 12.7. The van der Waals surface area contributed by atoms with Crippen LogP contribution in [-0.2, 0) is 13.6 Å². The van der Waals surface area contributed by atoms with Crippen LogP contribution in [0.4, 0.5) is 5.69 Å². The van der Waals surface area contributed by atoms with E-state index in [9.17, 15) is 9.36 Å². The minimum atomic E-state index is -3.48. The molecule has 1 aliphatic rings. The van der Waals surface area contributed by atoms with Gasteiger partial charge in [0.05, 0.1) is 24.0 Å². The van der Waals surface area contributed by atoms with E-state index in [0.717, 1.165) is 0 Å². The molecule has 0 aliphatic carbocycles. The monoisotopic (exact) mass is 387 g/mol. The van der Waals surface area contributed by atoms with Crippen molar-refractivity contribution < 1.29 is 18.3 Å².